The quantitative estimate of drug-likeness (QED) is 0.855. The molecule has 2 rings (SSSR count). The fourth-order valence-corrected chi connectivity index (χ4v) is 1.90. The maximum absolute atomic E-state index is 12.2. The summed E-state index contributed by atoms with van der Waals surface area (Å²) in [6.07, 6.45) is -2.71. The number of hydrogen-bond acceptors (Lipinski definition) is 3. The van der Waals surface area contributed by atoms with Gasteiger partial charge in [-0.3, -0.25) is 0 Å². The predicted octanol–water partition coefficient (Wildman–Crippen LogP) is 3.16. The number of benzene rings is 1. The van der Waals surface area contributed by atoms with Gasteiger partial charge < -0.3 is 11.1 Å². The van der Waals surface area contributed by atoms with Crippen LogP contribution in [0, 0.1) is 0 Å². The van der Waals surface area contributed by atoms with Gasteiger partial charge in [-0.05, 0) is 23.8 Å². The molecule has 0 spiro atoms. The Labute approximate surface area is 125 Å². The molecule has 0 radical (unpaired) electrons. The van der Waals surface area contributed by atoms with E-state index in [1.54, 1.807) is 36.5 Å². The van der Waals surface area contributed by atoms with E-state index in [0.29, 0.717) is 11.4 Å². The van der Waals surface area contributed by atoms with Gasteiger partial charge in [0.15, 0.2) is 0 Å². The molecule has 0 atom stereocenters. The first kappa shape index (κ1) is 15.2. The molecule has 0 amide bonds. The van der Waals surface area contributed by atoms with E-state index in [1.807, 2.05) is 6.07 Å². The summed E-state index contributed by atoms with van der Waals surface area (Å²) in [4.78, 5) is 4.03. The first-order valence-corrected chi connectivity index (χ1v) is 6.43. The number of aromatic nitrogens is 1. The van der Waals surface area contributed by atoms with Gasteiger partial charge in [-0.2, -0.15) is 13.2 Å². The third-order valence-electron chi connectivity index (χ3n) is 2.69. The van der Waals surface area contributed by atoms with Crippen LogP contribution in [0.3, 0.4) is 0 Å². The summed E-state index contributed by atoms with van der Waals surface area (Å²) in [5.41, 5.74) is 7.64. The number of nitrogen functional groups attached to an aromatic ring is 1. The van der Waals surface area contributed by atoms with Crippen molar-refractivity contribution in [2.45, 2.75) is 6.18 Å². The minimum Gasteiger partial charge on any atom is -0.384 e. The third kappa shape index (κ3) is 4.42. The van der Waals surface area contributed by atoms with E-state index in [0.717, 1.165) is 11.1 Å². The van der Waals surface area contributed by atoms with Gasteiger partial charge in [0, 0.05) is 17.3 Å². The molecule has 110 valence electrons. The van der Waals surface area contributed by atoms with Gasteiger partial charge in [0.05, 0.1) is 0 Å². The maximum atomic E-state index is 12.2. The van der Waals surface area contributed by atoms with E-state index in [-0.39, 0.29) is 4.99 Å². The highest BCUT2D eigenvalue weighted by molar-refractivity contribution is 7.80. The Hall–Kier alpha value is -2.15. The highest BCUT2D eigenvalue weighted by Gasteiger charge is 2.27. The summed E-state index contributed by atoms with van der Waals surface area (Å²) in [7, 11) is 0. The molecule has 0 fully saturated rings. The van der Waals surface area contributed by atoms with Gasteiger partial charge in [-0.25, -0.2) is 4.98 Å². The Kier molecular flexibility index (Phi) is 4.42. The molecule has 0 aliphatic heterocycles. The number of nitrogens with one attached hydrogen (secondary N) is 1. The lowest BCUT2D eigenvalue weighted by Gasteiger charge is -2.11. The van der Waals surface area contributed by atoms with Gasteiger partial charge in [-0.1, -0.05) is 30.4 Å². The van der Waals surface area contributed by atoms with Crippen molar-refractivity contribution in [3.05, 3.63) is 48.2 Å². The number of nitrogens with two attached hydrogens (primary N) is 1. The Morgan fingerprint density at radius 2 is 1.95 bits per heavy atom. The van der Waals surface area contributed by atoms with Crippen molar-refractivity contribution >= 4 is 23.0 Å². The lowest BCUT2D eigenvalue weighted by atomic mass is 10.0. The standard InChI is InChI=1S/C14H12F3N3S/c15-14(16,17)8-20-13(21)10-3-1-2-9(6-10)11-4-5-12(18)19-7-11/h1-7H,8H2,(H2,18,19)(H,20,21). The fourth-order valence-electron chi connectivity index (χ4n) is 1.70. The molecule has 3 N–H and O–H groups in total. The highest BCUT2D eigenvalue weighted by Crippen LogP contribution is 2.21. The zero-order chi connectivity index (χ0) is 15.5. The van der Waals surface area contributed by atoms with Crippen molar-refractivity contribution in [3.8, 4) is 11.1 Å². The van der Waals surface area contributed by atoms with Crippen LogP contribution in [0.5, 0.6) is 0 Å². The van der Waals surface area contributed by atoms with Gasteiger partial charge in [0.2, 0.25) is 0 Å². The molecule has 0 saturated carbocycles. The lowest BCUT2D eigenvalue weighted by Crippen LogP contribution is -2.33. The van der Waals surface area contributed by atoms with Crippen molar-refractivity contribution in [1.82, 2.24) is 10.3 Å². The van der Waals surface area contributed by atoms with E-state index in [1.165, 1.54) is 0 Å². The molecule has 1 aromatic carbocycles. The van der Waals surface area contributed by atoms with E-state index in [4.69, 9.17) is 18.0 Å². The zero-order valence-corrected chi connectivity index (χ0v) is 11.6. The Bertz CT molecular complexity index is 639. The second-order valence-corrected chi connectivity index (χ2v) is 4.76. The average molecular weight is 311 g/mol. The number of anilines is 1. The summed E-state index contributed by atoms with van der Waals surface area (Å²) >= 11 is 4.97. The smallest absolute Gasteiger partial charge is 0.384 e. The summed E-state index contributed by atoms with van der Waals surface area (Å²) in [5.74, 6) is 0.400. The predicted molar refractivity (Wildman–Crippen MR) is 79.8 cm³/mol. The summed E-state index contributed by atoms with van der Waals surface area (Å²) in [6, 6.07) is 10.3. The zero-order valence-electron chi connectivity index (χ0n) is 10.8. The first-order chi connectivity index (χ1) is 9.85. The van der Waals surface area contributed by atoms with Crippen molar-refractivity contribution < 1.29 is 13.2 Å². The number of rotatable bonds is 3. The summed E-state index contributed by atoms with van der Waals surface area (Å²) in [6.45, 7) is -1.15. The fraction of sp³-hybridized carbons (Fsp3) is 0.143. The van der Waals surface area contributed by atoms with Crippen LogP contribution in [0.2, 0.25) is 0 Å². The number of pyridine rings is 1. The Balaban J connectivity index is 2.17. The molecule has 21 heavy (non-hydrogen) atoms. The maximum Gasteiger partial charge on any atom is 0.405 e. The molecule has 0 saturated heterocycles. The van der Waals surface area contributed by atoms with Crippen LogP contribution in [-0.4, -0.2) is 22.7 Å². The monoisotopic (exact) mass is 311 g/mol. The summed E-state index contributed by atoms with van der Waals surface area (Å²) in [5, 5.41) is 2.20. The van der Waals surface area contributed by atoms with Gasteiger partial charge in [0.1, 0.15) is 17.4 Å². The van der Waals surface area contributed by atoms with Crippen molar-refractivity contribution in [2.24, 2.45) is 0 Å². The number of alkyl halides is 3. The molecule has 0 aliphatic carbocycles. The number of thiocarbonyl (C=S) groups is 1. The molecule has 0 bridgehead atoms. The largest absolute Gasteiger partial charge is 0.405 e. The normalized spacial score (nSPS) is 11.2. The topological polar surface area (TPSA) is 50.9 Å². The first-order valence-electron chi connectivity index (χ1n) is 6.02. The van der Waals surface area contributed by atoms with Crippen LogP contribution in [0.4, 0.5) is 19.0 Å². The SMILES string of the molecule is Nc1ccc(-c2cccc(C(=S)NCC(F)(F)F)c2)cn1. The summed E-state index contributed by atoms with van der Waals surface area (Å²) < 4.78 is 36.5. The van der Waals surface area contributed by atoms with Gasteiger partial charge in [-0.15, -0.1) is 0 Å². The van der Waals surface area contributed by atoms with Crippen LogP contribution in [-0.2, 0) is 0 Å². The van der Waals surface area contributed by atoms with E-state index in [9.17, 15) is 13.2 Å². The number of halogens is 3. The molecular weight excluding hydrogens is 299 g/mol. The van der Waals surface area contributed by atoms with E-state index < -0.39 is 12.7 Å². The van der Waals surface area contributed by atoms with Crippen LogP contribution < -0.4 is 11.1 Å². The van der Waals surface area contributed by atoms with Crippen LogP contribution in [0.1, 0.15) is 5.56 Å². The Morgan fingerprint density at radius 3 is 2.57 bits per heavy atom. The van der Waals surface area contributed by atoms with Crippen molar-refractivity contribution in [2.75, 3.05) is 12.3 Å². The molecule has 1 aromatic heterocycles. The second-order valence-electron chi connectivity index (χ2n) is 4.35. The lowest BCUT2D eigenvalue weighted by molar-refractivity contribution is -0.121. The number of hydrogen-bond donors (Lipinski definition) is 2. The highest BCUT2D eigenvalue weighted by atomic mass is 32.1. The minimum absolute atomic E-state index is 0.0533. The van der Waals surface area contributed by atoms with E-state index in [2.05, 4.69) is 10.3 Å². The average Bonchev–Trinajstić information content (AvgIpc) is 2.45. The molecule has 0 aliphatic rings. The molecular formula is C14H12F3N3S. The molecule has 0 unspecified atom stereocenters. The molecule has 3 nitrogen and oxygen atoms in total. The van der Waals surface area contributed by atoms with Crippen LogP contribution >= 0.6 is 12.2 Å². The number of nitrogens with zero attached hydrogens (tertiary/aromatic N) is 1. The molecule has 1 heterocycles. The minimum atomic E-state index is -4.30. The van der Waals surface area contributed by atoms with Crippen molar-refractivity contribution in [1.29, 1.82) is 0 Å². The molecule has 7 heteroatoms. The second kappa shape index (κ2) is 6.09. The van der Waals surface area contributed by atoms with E-state index >= 15 is 0 Å². The van der Waals surface area contributed by atoms with Crippen LogP contribution in [0.15, 0.2) is 42.6 Å². The Morgan fingerprint density at radius 1 is 1.19 bits per heavy atom. The van der Waals surface area contributed by atoms with Crippen LogP contribution in [0.25, 0.3) is 11.1 Å². The van der Waals surface area contributed by atoms with Gasteiger partial charge >= 0.3 is 6.18 Å². The third-order valence-corrected chi connectivity index (χ3v) is 3.07. The van der Waals surface area contributed by atoms with Crippen molar-refractivity contribution in [3.63, 3.8) is 0 Å². The van der Waals surface area contributed by atoms with Gasteiger partial charge in [0.25, 0.3) is 0 Å². The molecule has 2 aromatic rings.